The molecule has 3 rings (SSSR count). The van der Waals surface area contributed by atoms with Crippen LogP contribution < -0.4 is 10.6 Å². The number of rotatable bonds is 5. The van der Waals surface area contributed by atoms with Crippen molar-refractivity contribution in [2.75, 3.05) is 11.1 Å². The van der Waals surface area contributed by atoms with Crippen LogP contribution in [0.5, 0.6) is 0 Å². The van der Waals surface area contributed by atoms with Gasteiger partial charge in [-0.3, -0.25) is 0 Å². The van der Waals surface area contributed by atoms with Gasteiger partial charge in [0.1, 0.15) is 0 Å². The molecule has 0 bridgehead atoms. The third-order valence-electron chi connectivity index (χ3n) is 3.41. The molecule has 0 fully saturated rings. The van der Waals surface area contributed by atoms with Crippen LogP contribution >= 0.6 is 35.0 Å². The lowest BCUT2D eigenvalue weighted by Gasteiger charge is -2.16. The van der Waals surface area contributed by atoms with Gasteiger partial charge >= 0.3 is 6.03 Å². The number of hydrogen-bond donors (Lipinski definition) is 2. The normalized spacial score (nSPS) is 19.0. The van der Waals surface area contributed by atoms with E-state index in [0.29, 0.717) is 10.7 Å². The molecule has 1 aliphatic heterocycles. The van der Waals surface area contributed by atoms with Crippen LogP contribution in [-0.2, 0) is 4.74 Å². The van der Waals surface area contributed by atoms with Gasteiger partial charge in [0.05, 0.1) is 6.10 Å². The number of amides is 2. The van der Waals surface area contributed by atoms with Gasteiger partial charge in [-0.05, 0) is 48.5 Å². The van der Waals surface area contributed by atoms with Gasteiger partial charge in [-0.25, -0.2) is 4.79 Å². The van der Waals surface area contributed by atoms with E-state index in [1.165, 1.54) is 0 Å². The molecule has 2 aromatic rings. The van der Waals surface area contributed by atoms with E-state index in [1.54, 1.807) is 36.0 Å². The summed E-state index contributed by atoms with van der Waals surface area (Å²) < 4.78 is 5.78. The third kappa shape index (κ3) is 5.68. The monoisotopic (exact) mass is 394 g/mol. The average Bonchev–Trinajstić information content (AvgIpc) is 3.01. The molecule has 1 aliphatic rings. The van der Waals surface area contributed by atoms with Gasteiger partial charge < -0.3 is 15.4 Å². The van der Waals surface area contributed by atoms with Gasteiger partial charge in [0.15, 0.2) is 6.23 Å². The van der Waals surface area contributed by atoms with Crippen molar-refractivity contribution in [3.05, 3.63) is 70.7 Å². The number of anilines is 1. The zero-order valence-electron chi connectivity index (χ0n) is 13.1. The maximum atomic E-state index is 12.0. The van der Waals surface area contributed by atoms with Gasteiger partial charge in [0.2, 0.25) is 0 Å². The molecule has 2 N–H and O–H groups in total. The third-order valence-corrected chi connectivity index (χ3v) is 4.99. The minimum atomic E-state index is -0.449. The van der Waals surface area contributed by atoms with E-state index >= 15 is 0 Å². The highest BCUT2D eigenvalue weighted by Gasteiger charge is 2.20. The highest BCUT2D eigenvalue weighted by molar-refractivity contribution is 7.99. The van der Waals surface area contributed by atoms with Crippen molar-refractivity contribution < 1.29 is 9.53 Å². The summed E-state index contributed by atoms with van der Waals surface area (Å²) in [7, 11) is 0. The number of urea groups is 1. The molecule has 0 saturated heterocycles. The molecule has 2 aromatic carbocycles. The second kappa shape index (κ2) is 8.63. The van der Waals surface area contributed by atoms with Crippen LogP contribution in [0.2, 0.25) is 10.0 Å². The van der Waals surface area contributed by atoms with Crippen molar-refractivity contribution >= 4 is 46.7 Å². The summed E-state index contributed by atoms with van der Waals surface area (Å²) in [5.74, 6) is 0.756. The van der Waals surface area contributed by atoms with E-state index < -0.39 is 6.23 Å². The van der Waals surface area contributed by atoms with Crippen LogP contribution in [-0.4, -0.2) is 24.1 Å². The highest BCUT2D eigenvalue weighted by atomic mass is 35.5. The van der Waals surface area contributed by atoms with Gasteiger partial charge in [-0.2, -0.15) is 0 Å². The predicted octanol–water partition coefficient (Wildman–Crippen LogP) is 5.19. The molecule has 0 aliphatic carbocycles. The molecular weight excluding hydrogens is 379 g/mol. The summed E-state index contributed by atoms with van der Waals surface area (Å²) in [5.41, 5.74) is 0.627. The molecular formula is C18H16Cl2N2O2S. The summed E-state index contributed by atoms with van der Waals surface area (Å²) in [6.07, 6.45) is 3.28. The molecule has 130 valence electrons. The van der Waals surface area contributed by atoms with Crippen LogP contribution in [0.25, 0.3) is 0 Å². The first-order valence-corrected chi connectivity index (χ1v) is 9.38. The van der Waals surface area contributed by atoms with Crippen molar-refractivity contribution in [3.8, 4) is 0 Å². The molecule has 7 heteroatoms. The molecule has 2 unspecified atom stereocenters. The van der Waals surface area contributed by atoms with Crippen LogP contribution in [0.3, 0.4) is 0 Å². The number of halogens is 2. The number of hydrogen-bond acceptors (Lipinski definition) is 3. The molecule has 4 nitrogen and oxygen atoms in total. The first-order valence-electron chi connectivity index (χ1n) is 7.64. The Labute approximate surface area is 160 Å². The van der Waals surface area contributed by atoms with E-state index in [-0.39, 0.29) is 12.1 Å². The van der Waals surface area contributed by atoms with Crippen LogP contribution in [0.1, 0.15) is 0 Å². The lowest BCUT2D eigenvalue weighted by Crippen LogP contribution is -2.38. The van der Waals surface area contributed by atoms with Crippen LogP contribution in [0.15, 0.2) is 65.6 Å². The van der Waals surface area contributed by atoms with E-state index in [4.69, 9.17) is 27.9 Å². The standard InChI is InChI=1S/C18H16Cl2N2O2S/c19-12-4-7-16(8-5-12)25-11-15-6-9-17(24-15)22-18(23)21-14-3-1-2-13(20)10-14/h1-10,15,17H,11H2,(H2,21,22,23). The van der Waals surface area contributed by atoms with Crippen LogP contribution in [0, 0.1) is 0 Å². The van der Waals surface area contributed by atoms with Crippen molar-refractivity contribution in [3.63, 3.8) is 0 Å². The first-order chi connectivity index (χ1) is 12.1. The second-order valence-electron chi connectivity index (χ2n) is 5.35. The summed E-state index contributed by atoms with van der Waals surface area (Å²) in [6.45, 7) is 0. The number of carbonyl (C=O) groups excluding carboxylic acids is 1. The number of nitrogens with one attached hydrogen (secondary N) is 2. The Morgan fingerprint density at radius 1 is 1.08 bits per heavy atom. The maximum Gasteiger partial charge on any atom is 0.321 e. The Hall–Kier alpha value is -1.66. The summed E-state index contributed by atoms with van der Waals surface area (Å²) in [5, 5.41) is 6.76. The second-order valence-corrected chi connectivity index (χ2v) is 7.32. The Morgan fingerprint density at radius 3 is 2.64 bits per heavy atom. The molecule has 2 atom stereocenters. The minimum Gasteiger partial charge on any atom is -0.347 e. The number of carbonyl (C=O) groups is 1. The fourth-order valence-corrected chi connectivity index (χ4v) is 3.44. The van der Waals surface area contributed by atoms with E-state index in [2.05, 4.69) is 10.6 Å². The lowest BCUT2D eigenvalue weighted by molar-refractivity contribution is 0.0609. The Bertz CT molecular complexity index is 768. The van der Waals surface area contributed by atoms with Gasteiger partial charge in [-0.15, -0.1) is 11.8 Å². The molecule has 0 radical (unpaired) electrons. The molecule has 0 spiro atoms. The SMILES string of the molecule is O=C(Nc1cccc(Cl)c1)NC1C=CC(CSc2ccc(Cl)cc2)O1. The van der Waals surface area contributed by atoms with Crippen molar-refractivity contribution in [1.29, 1.82) is 0 Å². The van der Waals surface area contributed by atoms with Gasteiger partial charge in [0.25, 0.3) is 0 Å². The molecule has 25 heavy (non-hydrogen) atoms. The molecule has 2 amide bonds. The predicted molar refractivity (Wildman–Crippen MR) is 104 cm³/mol. The average molecular weight is 395 g/mol. The minimum absolute atomic E-state index is 0.0582. The fourth-order valence-electron chi connectivity index (χ4n) is 2.25. The van der Waals surface area contributed by atoms with Crippen molar-refractivity contribution in [2.45, 2.75) is 17.2 Å². The number of thioether (sulfide) groups is 1. The lowest BCUT2D eigenvalue weighted by atomic mass is 10.3. The Kier molecular flexibility index (Phi) is 6.26. The topological polar surface area (TPSA) is 50.4 Å². The zero-order chi connectivity index (χ0) is 17.6. The van der Waals surface area contributed by atoms with Crippen molar-refractivity contribution in [1.82, 2.24) is 5.32 Å². The Balaban J connectivity index is 1.42. The number of benzene rings is 2. The maximum absolute atomic E-state index is 12.0. The van der Waals surface area contributed by atoms with Gasteiger partial charge in [0, 0.05) is 26.4 Å². The molecule has 1 heterocycles. The summed E-state index contributed by atoms with van der Waals surface area (Å²) >= 11 is 13.4. The molecule has 0 saturated carbocycles. The zero-order valence-corrected chi connectivity index (χ0v) is 15.4. The van der Waals surface area contributed by atoms with Gasteiger partial charge in [-0.1, -0.05) is 35.3 Å². The van der Waals surface area contributed by atoms with E-state index in [1.807, 2.05) is 36.4 Å². The smallest absolute Gasteiger partial charge is 0.321 e. The quantitative estimate of drug-likeness (QED) is 0.541. The first kappa shape index (κ1) is 18.1. The van der Waals surface area contributed by atoms with E-state index in [0.717, 1.165) is 15.7 Å². The Morgan fingerprint density at radius 2 is 1.88 bits per heavy atom. The summed E-state index contributed by atoms with van der Waals surface area (Å²) in [4.78, 5) is 13.1. The molecule has 0 aromatic heterocycles. The van der Waals surface area contributed by atoms with Crippen LogP contribution in [0.4, 0.5) is 10.5 Å². The van der Waals surface area contributed by atoms with Crippen molar-refractivity contribution in [2.24, 2.45) is 0 Å². The summed E-state index contributed by atoms with van der Waals surface area (Å²) in [6, 6.07) is 14.3. The largest absolute Gasteiger partial charge is 0.347 e. The highest BCUT2D eigenvalue weighted by Crippen LogP contribution is 2.24. The van der Waals surface area contributed by atoms with E-state index in [9.17, 15) is 4.79 Å². The number of ether oxygens (including phenoxy) is 1. The fraction of sp³-hybridized carbons (Fsp3) is 0.167.